The van der Waals surface area contributed by atoms with E-state index < -0.39 is 21.2 Å². The maximum atomic E-state index is 12.7. The van der Waals surface area contributed by atoms with Gasteiger partial charge in [0.2, 0.25) is 0 Å². The van der Waals surface area contributed by atoms with E-state index >= 15 is 0 Å². The van der Waals surface area contributed by atoms with Crippen molar-refractivity contribution in [2.24, 2.45) is 0 Å². The molecule has 0 amide bonds. The summed E-state index contributed by atoms with van der Waals surface area (Å²) in [6.45, 7) is 0. The van der Waals surface area contributed by atoms with Crippen molar-refractivity contribution >= 4 is 21.6 Å². The zero-order valence-corrected chi connectivity index (χ0v) is 12.1. The molecule has 3 nitrogen and oxygen atoms in total. The zero-order valence-electron chi connectivity index (χ0n) is 10.4. The molecule has 3 atom stereocenters. The highest BCUT2D eigenvalue weighted by atomic mass is 32.2. The van der Waals surface area contributed by atoms with Crippen LogP contribution in [0.2, 0.25) is 0 Å². The number of aliphatic hydroxyl groups excluding tert-OH is 1. The van der Waals surface area contributed by atoms with Crippen LogP contribution in [0.3, 0.4) is 0 Å². The van der Waals surface area contributed by atoms with E-state index in [9.17, 15) is 13.5 Å². The Labute approximate surface area is 121 Å². The monoisotopic (exact) mass is 304 g/mol. The molecule has 0 unspecified atom stereocenters. The van der Waals surface area contributed by atoms with Crippen LogP contribution in [-0.2, 0) is 9.84 Å². The number of benzene rings is 2. The minimum atomic E-state index is -3.47. The zero-order chi connectivity index (χ0) is 13.9. The van der Waals surface area contributed by atoms with E-state index in [1.165, 1.54) is 11.8 Å². The van der Waals surface area contributed by atoms with E-state index in [1.54, 1.807) is 12.1 Å². The third-order valence-electron chi connectivity index (χ3n) is 3.99. The Kier molecular flexibility index (Phi) is 2.55. The molecule has 0 radical (unpaired) electrons. The van der Waals surface area contributed by atoms with Crippen LogP contribution in [0.5, 0.6) is 0 Å². The van der Waals surface area contributed by atoms with Crippen molar-refractivity contribution in [2.75, 3.05) is 0 Å². The molecule has 1 N–H and O–H groups in total. The molecule has 2 aromatic rings. The Hall–Kier alpha value is -1.30. The molecule has 4 rings (SSSR count). The van der Waals surface area contributed by atoms with Crippen LogP contribution in [-0.4, -0.2) is 18.8 Å². The first-order valence-electron chi connectivity index (χ1n) is 6.37. The van der Waals surface area contributed by atoms with Gasteiger partial charge in [-0.15, -0.1) is 11.8 Å². The molecule has 2 aromatic carbocycles. The van der Waals surface area contributed by atoms with Gasteiger partial charge in [0, 0.05) is 4.90 Å². The Balaban J connectivity index is 1.97. The quantitative estimate of drug-likeness (QED) is 0.813. The SMILES string of the molecule is O=S1(=O)c2ccccc2[C@H]2Sc3ccccc3[C@H](O)[C@H]21. The summed E-state index contributed by atoms with van der Waals surface area (Å²) in [6.07, 6.45) is -0.963. The molecule has 5 heteroatoms. The van der Waals surface area contributed by atoms with Crippen LogP contribution in [0.1, 0.15) is 22.5 Å². The number of hydrogen-bond acceptors (Lipinski definition) is 4. The standard InChI is InChI=1S/C15H12O3S2/c16-13-9-5-1-3-7-11(9)19-14-10-6-2-4-8-12(10)20(17,18)15(13)14/h1-8,13-16H/t13-,14+,15+/m0/s1. The molecule has 2 aliphatic heterocycles. The number of rotatable bonds is 0. The van der Waals surface area contributed by atoms with Crippen molar-refractivity contribution in [1.29, 1.82) is 0 Å². The molecule has 0 aromatic heterocycles. The van der Waals surface area contributed by atoms with Crippen LogP contribution < -0.4 is 0 Å². The summed E-state index contributed by atoms with van der Waals surface area (Å²) >= 11 is 1.54. The summed E-state index contributed by atoms with van der Waals surface area (Å²) in [4.78, 5) is 1.34. The van der Waals surface area contributed by atoms with Crippen molar-refractivity contribution in [3.63, 3.8) is 0 Å². The van der Waals surface area contributed by atoms with Crippen molar-refractivity contribution in [3.8, 4) is 0 Å². The first kappa shape index (κ1) is 12.4. The van der Waals surface area contributed by atoms with Gasteiger partial charge in [-0.05, 0) is 23.3 Å². The van der Waals surface area contributed by atoms with E-state index in [4.69, 9.17) is 0 Å². The highest BCUT2D eigenvalue weighted by molar-refractivity contribution is 8.02. The number of thioether (sulfide) groups is 1. The largest absolute Gasteiger partial charge is 0.387 e. The van der Waals surface area contributed by atoms with Crippen LogP contribution in [0.25, 0.3) is 0 Å². The molecule has 0 saturated carbocycles. The normalized spacial score (nSPS) is 29.4. The molecule has 0 bridgehead atoms. The Morgan fingerprint density at radius 3 is 2.40 bits per heavy atom. The van der Waals surface area contributed by atoms with Gasteiger partial charge >= 0.3 is 0 Å². The highest BCUT2D eigenvalue weighted by Crippen LogP contribution is 2.57. The van der Waals surface area contributed by atoms with Gasteiger partial charge in [-0.3, -0.25) is 0 Å². The minimum absolute atomic E-state index is 0.221. The minimum Gasteiger partial charge on any atom is -0.387 e. The van der Waals surface area contributed by atoms with Gasteiger partial charge in [-0.2, -0.15) is 0 Å². The second kappa shape index (κ2) is 4.10. The van der Waals surface area contributed by atoms with Gasteiger partial charge < -0.3 is 5.11 Å². The highest BCUT2D eigenvalue weighted by Gasteiger charge is 2.52. The average Bonchev–Trinajstić information content (AvgIpc) is 2.69. The second-order valence-electron chi connectivity index (χ2n) is 5.07. The first-order valence-corrected chi connectivity index (χ1v) is 8.80. The van der Waals surface area contributed by atoms with Crippen molar-refractivity contribution in [2.45, 2.75) is 26.4 Å². The molecule has 0 fully saturated rings. The molecule has 2 aliphatic rings. The van der Waals surface area contributed by atoms with E-state index in [1.807, 2.05) is 36.4 Å². The second-order valence-corrected chi connectivity index (χ2v) is 8.33. The maximum absolute atomic E-state index is 12.7. The van der Waals surface area contributed by atoms with E-state index in [0.717, 1.165) is 16.0 Å². The van der Waals surface area contributed by atoms with E-state index in [-0.39, 0.29) is 5.25 Å². The summed E-state index contributed by atoms with van der Waals surface area (Å²) in [6, 6.07) is 14.6. The lowest BCUT2D eigenvalue weighted by molar-refractivity contribution is 0.165. The maximum Gasteiger partial charge on any atom is 0.185 e. The first-order chi connectivity index (χ1) is 9.60. The van der Waals surface area contributed by atoms with Gasteiger partial charge in [-0.1, -0.05) is 36.4 Å². The average molecular weight is 304 g/mol. The van der Waals surface area contributed by atoms with Crippen molar-refractivity contribution < 1.29 is 13.5 Å². The van der Waals surface area contributed by atoms with Crippen LogP contribution >= 0.6 is 11.8 Å². The number of hydrogen-bond donors (Lipinski definition) is 1. The lowest BCUT2D eigenvalue weighted by Gasteiger charge is -2.31. The number of sulfone groups is 1. The van der Waals surface area contributed by atoms with Gasteiger partial charge in [0.15, 0.2) is 9.84 Å². The fourth-order valence-corrected chi connectivity index (χ4v) is 7.17. The Morgan fingerprint density at radius 1 is 0.950 bits per heavy atom. The third-order valence-corrected chi connectivity index (χ3v) is 7.82. The van der Waals surface area contributed by atoms with E-state index in [0.29, 0.717) is 4.90 Å². The van der Waals surface area contributed by atoms with Crippen molar-refractivity contribution in [3.05, 3.63) is 59.7 Å². The molecular weight excluding hydrogens is 292 g/mol. The molecule has 102 valence electrons. The predicted octanol–water partition coefficient (Wildman–Crippen LogP) is 2.72. The number of fused-ring (bicyclic) bond motifs is 4. The van der Waals surface area contributed by atoms with E-state index in [2.05, 4.69) is 0 Å². The predicted molar refractivity (Wildman–Crippen MR) is 77.4 cm³/mol. The van der Waals surface area contributed by atoms with Crippen LogP contribution in [0, 0.1) is 0 Å². The molecule has 0 spiro atoms. The topological polar surface area (TPSA) is 54.4 Å². The van der Waals surface area contributed by atoms with Gasteiger partial charge in [-0.25, -0.2) is 8.42 Å². The fraction of sp³-hybridized carbons (Fsp3) is 0.200. The summed E-state index contributed by atoms with van der Waals surface area (Å²) in [5, 5.41) is 9.55. The smallest absolute Gasteiger partial charge is 0.185 e. The molecule has 20 heavy (non-hydrogen) atoms. The third kappa shape index (κ3) is 1.48. The molecule has 0 aliphatic carbocycles. The Bertz CT molecular complexity index is 798. The summed E-state index contributed by atoms with van der Waals surface area (Å²) < 4.78 is 25.3. The fourth-order valence-electron chi connectivity index (χ4n) is 3.07. The van der Waals surface area contributed by atoms with Gasteiger partial charge in [0.05, 0.1) is 16.2 Å². The molecule has 0 saturated heterocycles. The number of aliphatic hydroxyl groups is 1. The molecule has 2 heterocycles. The molecular formula is C15H12O3S2. The van der Waals surface area contributed by atoms with Gasteiger partial charge in [0.1, 0.15) is 5.25 Å². The van der Waals surface area contributed by atoms with Gasteiger partial charge in [0.25, 0.3) is 0 Å². The summed E-state index contributed by atoms with van der Waals surface area (Å²) in [5.41, 5.74) is 1.53. The lowest BCUT2D eigenvalue weighted by Crippen LogP contribution is -2.30. The van der Waals surface area contributed by atoms with Crippen LogP contribution in [0.4, 0.5) is 0 Å². The Morgan fingerprint density at radius 2 is 1.60 bits per heavy atom. The lowest BCUT2D eigenvalue weighted by atomic mass is 10.00. The van der Waals surface area contributed by atoms with Crippen molar-refractivity contribution in [1.82, 2.24) is 0 Å². The summed E-state index contributed by atoms with van der Waals surface area (Å²) in [7, 11) is -3.47. The van der Waals surface area contributed by atoms with Crippen LogP contribution in [0.15, 0.2) is 58.3 Å². The summed E-state index contributed by atoms with van der Waals surface area (Å²) in [5.74, 6) is 0.